The van der Waals surface area contributed by atoms with Gasteiger partial charge < -0.3 is 10.6 Å². The first kappa shape index (κ1) is 16.7. The highest BCUT2D eigenvalue weighted by Crippen LogP contribution is 2.27. The normalized spacial score (nSPS) is 14.6. The molecule has 0 aliphatic rings. The molecule has 0 amide bonds. The molecule has 0 fully saturated rings. The first-order valence-electron chi connectivity index (χ1n) is 7.54. The molecule has 110 valence electrons. The first-order valence-corrected chi connectivity index (χ1v) is 8.35. The molecule has 3 heteroatoms. The van der Waals surface area contributed by atoms with Gasteiger partial charge >= 0.3 is 0 Å². The zero-order valence-corrected chi connectivity index (χ0v) is 14.2. The van der Waals surface area contributed by atoms with Gasteiger partial charge in [-0.05, 0) is 51.7 Å². The Labute approximate surface area is 123 Å². The van der Waals surface area contributed by atoms with Crippen molar-refractivity contribution in [1.29, 1.82) is 0 Å². The molecule has 0 unspecified atom stereocenters. The lowest BCUT2D eigenvalue weighted by Crippen LogP contribution is -2.27. The molecule has 1 aromatic heterocycles. The van der Waals surface area contributed by atoms with Gasteiger partial charge in [0.25, 0.3) is 0 Å². The SMILES string of the molecule is CC[C@@H](C)NCc1c(C)sc(C)c1CN[C@@H](C)CC. The second kappa shape index (κ2) is 8.03. The number of aryl methyl sites for hydroxylation is 2. The summed E-state index contributed by atoms with van der Waals surface area (Å²) < 4.78 is 0. The molecule has 0 aliphatic heterocycles. The molecular formula is C16H30N2S. The van der Waals surface area contributed by atoms with Crippen molar-refractivity contribution in [3.63, 3.8) is 0 Å². The zero-order valence-electron chi connectivity index (χ0n) is 13.4. The maximum absolute atomic E-state index is 3.62. The van der Waals surface area contributed by atoms with Crippen molar-refractivity contribution < 1.29 is 0 Å². The number of thiophene rings is 1. The highest BCUT2D eigenvalue weighted by molar-refractivity contribution is 7.12. The molecule has 0 saturated carbocycles. The van der Waals surface area contributed by atoms with E-state index in [1.54, 1.807) is 0 Å². The monoisotopic (exact) mass is 282 g/mol. The van der Waals surface area contributed by atoms with E-state index in [0.29, 0.717) is 12.1 Å². The van der Waals surface area contributed by atoms with Crippen molar-refractivity contribution in [2.24, 2.45) is 0 Å². The minimum absolute atomic E-state index is 0.593. The average Bonchev–Trinajstić information content (AvgIpc) is 2.67. The molecule has 2 atom stereocenters. The molecule has 19 heavy (non-hydrogen) atoms. The van der Waals surface area contributed by atoms with Crippen molar-refractivity contribution in [2.45, 2.75) is 79.6 Å². The zero-order chi connectivity index (χ0) is 14.4. The van der Waals surface area contributed by atoms with Gasteiger partial charge in [-0.25, -0.2) is 0 Å². The Balaban J connectivity index is 2.73. The van der Waals surface area contributed by atoms with Crippen LogP contribution >= 0.6 is 11.3 Å². The van der Waals surface area contributed by atoms with E-state index < -0.39 is 0 Å². The third-order valence-corrected chi connectivity index (χ3v) is 5.10. The van der Waals surface area contributed by atoms with Crippen LogP contribution in [0.4, 0.5) is 0 Å². The maximum atomic E-state index is 3.62. The summed E-state index contributed by atoms with van der Waals surface area (Å²) in [6.07, 6.45) is 2.37. The smallest absolute Gasteiger partial charge is 0.0222 e. The maximum Gasteiger partial charge on any atom is 0.0222 e. The molecule has 0 saturated heterocycles. The molecule has 2 nitrogen and oxygen atoms in total. The predicted octanol–water partition coefficient (Wildman–Crippen LogP) is 4.14. The van der Waals surface area contributed by atoms with Crippen LogP contribution in [-0.4, -0.2) is 12.1 Å². The fourth-order valence-corrected chi connectivity index (χ4v) is 3.18. The molecule has 0 radical (unpaired) electrons. The third kappa shape index (κ3) is 4.90. The minimum Gasteiger partial charge on any atom is -0.310 e. The number of nitrogens with one attached hydrogen (secondary N) is 2. The molecule has 1 aromatic rings. The lowest BCUT2D eigenvalue weighted by molar-refractivity contribution is 0.518. The van der Waals surface area contributed by atoms with Gasteiger partial charge in [0.15, 0.2) is 0 Å². The van der Waals surface area contributed by atoms with Gasteiger partial charge in [0.2, 0.25) is 0 Å². The fourth-order valence-electron chi connectivity index (χ4n) is 2.08. The molecule has 0 aliphatic carbocycles. The molecule has 1 heterocycles. The number of hydrogen-bond donors (Lipinski definition) is 2. The van der Waals surface area contributed by atoms with Crippen LogP contribution in [0.2, 0.25) is 0 Å². The van der Waals surface area contributed by atoms with E-state index in [1.807, 2.05) is 11.3 Å². The Hall–Kier alpha value is -0.380. The molecule has 0 bridgehead atoms. The van der Waals surface area contributed by atoms with Crippen molar-refractivity contribution >= 4 is 11.3 Å². The van der Waals surface area contributed by atoms with E-state index in [2.05, 4.69) is 52.2 Å². The van der Waals surface area contributed by atoms with Crippen molar-refractivity contribution in [2.75, 3.05) is 0 Å². The number of hydrogen-bond acceptors (Lipinski definition) is 3. The van der Waals surface area contributed by atoms with E-state index in [9.17, 15) is 0 Å². The summed E-state index contributed by atoms with van der Waals surface area (Å²) in [5.41, 5.74) is 3.03. The summed E-state index contributed by atoms with van der Waals surface area (Å²) in [5, 5.41) is 7.25. The van der Waals surface area contributed by atoms with Gasteiger partial charge in [-0.15, -0.1) is 11.3 Å². The number of rotatable bonds is 8. The Morgan fingerprint density at radius 3 is 1.53 bits per heavy atom. The van der Waals surface area contributed by atoms with Crippen LogP contribution in [0.1, 0.15) is 61.4 Å². The third-order valence-electron chi connectivity index (χ3n) is 4.00. The lowest BCUT2D eigenvalue weighted by Gasteiger charge is -2.15. The van der Waals surface area contributed by atoms with Crippen LogP contribution in [0.25, 0.3) is 0 Å². The van der Waals surface area contributed by atoms with Crippen molar-refractivity contribution in [3.05, 3.63) is 20.9 Å². The molecule has 2 N–H and O–H groups in total. The molecule has 1 rings (SSSR count). The summed E-state index contributed by atoms with van der Waals surface area (Å²) >= 11 is 1.93. The first-order chi connectivity index (χ1) is 8.99. The second-order valence-electron chi connectivity index (χ2n) is 5.55. The van der Waals surface area contributed by atoms with Crippen LogP contribution in [-0.2, 0) is 13.1 Å². The second-order valence-corrected chi connectivity index (χ2v) is 6.98. The summed E-state index contributed by atoms with van der Waals surface area (Å²) in [5.74, 6) is 0. The topological polar surface area (TPSA) is 24.1 Å². The van der Waals surface area contributed by atoms with Crippen molar-refractivity contribution in [3.8, 4) is 0 Å². The summed E-state index contributed by atoms with van der Waals surface area (Å²) in [6, 6.07) is 1.19. The van der Waals surface area contributed by atoms with E-state index >= 15 is 0 Å². The van der Waals surface area contributed by atoms with Gasteiger partial charge in [-0.1, -0.05) is 13.8 Å². The van der Waals surface area contributed by atoms with Crippen LogP contribution < -0.4 is 10.6 Å². The molecular weight excluding hydrogens is 252 g/mol. The minimum atomic E-state index is 0.593. The average molecular weight is 282 g/mol. The largest absolute Gasteiger partial charge is 0.310 e. The summed E-state index contributed by atoms with van der Waals surface area (Å²) in [7, 11) is 0. The molecule has 0 aromatic carbocycles. The van der Waals surface area contributed by atoms with E-state index in [4.69, 9.17) is 0 Å². The fraction of sp³-hybridized carbons (Fsp3) is 0.750. The van der Waals surface area contributed by atoms with Gasteiger partial charge in [-0.3, -0.25) is 0 Å². The predicted molar refractivity (Wildman–Crippen MR) is 87.0 cm³/mol. The van der Waals surface area contributed by atoms with Gasteiger partial charge in [0.1, 0.15) is 0 Å². The van der Waals surface area contributed by atoms with E-state index in [0.717, 1.165) is 13.1 Å². The Morgan fingerprint density at radius 1 is 0.842 bits per heavy atom. The van der Waals surface area contributed by atoms with Crippen LogP contribution in [0, 0.1) is 13.8 Å². The quantitative estimate of drug-likeness (QED) is 0.749. The van der Waals surface area contributed by atoms with Gasteiger partial charge in [0, 0.05) is 34.9 Å². The van der Waals surface area contributed by atoms with Crippen LogP contribution in [0.5, 0.6) is 0 Å². The van der Waals surface area contributed by atoms with E-state index in [1.165, 1.54) is 33.7 Å². The molecule has 0 spiro atoms. The van der Waals surface area contributed by atoms with Crippen LogP contribution in [0.3, 0.4) is 0 Å². The van der Waals surface area contributed by atoms with E-state index in [-0.39, 0.29) is 0 Å². The van der Waals surface area contributed by atoms with Crippen LogP contribution in [0.15, 0.2) is 0 Å². The van der Waals surface area contributed by atoms with Crippen molar-refractivity contribution in [1.82, 2.24) is 10.6 Å². The Bertz CT molecular complexity index is 350. The Morgan fingerprint density at radius 2 is 1.21 bits per heavy atom. The lowest BCUT2D eigenvalue weighted by atomic mass is 10.1. The summed E-state index contributed by atoms with van der Waals surface area (Å²) in [6.45, 7) is 15.5. The highest BCUT2D eigenvalue weighted by atomic mass is 32.1. The standard InChI is InChI=1S/C16H30N2S/c1-7-11(3)17-9-15-13(5)19-14(6)16(15)10-18-12(4)8-2/h11-12,17-18H,7-10H2,1-6H3/t11-,12+. The van der Waals surface area contributed by atoms with Gasteiger partial charge in [-0.2, -0.15) is 0 Å². The Kier molecular flexibility index (Phi) is 7.05. The highest BCUT2D eigenvalue weighted by Gasteiger charge is 2.13. The summed E-state index contributed by atoms with van der Waals surface area (Å²) in [4.78, 5) is 2.93. The van der Waals surface area contributed by atoms with Gasteiger partial charge in [0.05, 0.1) is 0 Å².